The van der Waals surface area contributed by atoms with Gasteiger partial charge < -0.3 is 15.6 Å². The second-order valence-corrected chi connectivity index (χ2v) is 4.16. The van der Waals surface area contributed by atoms with Gasteiger partial charge in [-0.1, -0.05) is 0 Å². The average Bonchev–Trinajstić information content (AvgIpc) is 2.96. The van der Waals surface area contributed by atoms with Crippen molar-refractivity contribution in [1.82, 2.24) is 20.3 Å². The first-order valence-corrected chi connectivity index (χ1v) is 6.09. The Labute approximate surface area is 123 Å². The number of nitrogens with zero attached hydrogens (tertiary/aromatic N) is 5. The Morgan fingerprint density at radius 1 is 1.32 bits per heavy atom. The van der Waals surface area contributed by atoms with Crippen LogP contribution in [0.2, 0.25) is 0 Å². The third-order valence-corrected chi connectivity index (χ3v) is 2.75. The maximum absolute atomic E-state index is 9.74. The van der Waals surface area contributed by atoms with E-state index >= 15 is 0 Å². The van der Waals surface area contributed by atoms with Crippen molar-refractivity contribution < 1.29 is 14.5 Å². The summed E-state index contributed by atoms with van der Waals surface area (Å²) in [5.74, 6) is 0.937. The van der Waals surface area contributed by atoms with Crippen molar-refractivity contribution in [3.05, 3.63) is 23.8 Å². The zero-order valence-electron chi connectivity index (χ0n) is 11.4. The topological polar surface area (TPSA) is 145 Å². The number of nitrogens with one attached hydrogen (secondary N) is 1. The number of rotatable bonds is 4. The van der Waals surface area contributed by atoms with Crippen molar-refractivity contribution in [2.75, 3.05) is 18.3 Å². The summed E-state index contributed by atoms with van der Waals surface area (Å²) >= 11 is 0. The largest absolute Gasteiger partial charge is 0.507 e. The maximum atomic E-state index is 9.74. The molecule has 0 radical (unpaired) electrons. The number of methoxy groups -OCH3 is 1. The number of hydrogen-bond donors (Lipinski definition) is 3. The van der Waals surface area contributed by atoms with Gasteiger partial charge in [0.15, 0.2) is 11.6 Å². The van der Waals surface area contributed by atoms with E-state index in [1.54, 1.807) is 12.1 Å². The summed E-state index contributed by atoms with van der Waals surface area (Å²) < 4.78 is 9.57. The highest BCUT2D eigenvalue weighted by molar-refractivity contribution is 5.84. The first-order valence-electron chi connectivity index (χ1n) is 6.09. The van der Waals surface area contributed by atoms with E-state index in [0.29, 0.717) is 11.3 Å². The number of phenols is 1. The molecule has 2 aromatic heterocycles. The van der Waals surface area contributed by atoms with Gasteiger partial charge in [-0.2, -0.15) is 10.1 Å². The highest BCUT2D eigenvalue weighted by Gasteiger charge is 2.09. The number of nitrogens with two attached hydrogens (primary N) is 1. The molecule has 3 aromatic rings. The van der Waals surface area contributed by atoms with Crippen LogP contribution in [0.4, 0.5) is 11.6 Å². The second-order valence-electron chi connectivity index (χ2n) is 4.16. The second kappa shape index (κ2) is 5.52. The summed E-state index contributed by atoms with van der Waals surface area (Å²) in [7, 11) is 1.53. The molecule has 0 atom stereocenters. The first kappa shape index (κ1) is 13.5. The fourth-order valence-corrected chi connectivity index (χ4v) is 1.66. The number of phenolic OH excluding ortho intramolecular Hbond substituents is 1. The summed E-state index contributed by atoms with van der Waals surface area (Å²) in [6.07, 6.45) is 1.39. The molecule has 0 aliphatic rings. The van der Waals surface area contributed by atoms with Crippen LogP contribution in [0.15, 0.2) is 27.9 Å². The Kier molecular flexibility index (Phi) is 3.40. The Hall–Kier alpha value is -3.43. The molecule has 2 heterocycles. The zero-order valence-corrected chi connectivity index (χ0v) is 11.4. The molecule has 0 fully saturated rings. The Morgan fingerprint density at radius 3 is 2.86 bits per heavy atom. The van der Waals surface area contributed by atoms with Crippen LogP contribution >= 0.6 is 0 Å². The zero-order chi connectivity index (χ0) is 15.5. The molecule has 22 heavy (non-hydrogen) atoms. The van der Waals surface area contributed by atoms with Crippen LogP contribution < -0.4 is 15.9 Å². The molecule has 0 saturated heterocycles. The molecule has 10 nitrogen and oxygen atoms in total. The van der Waals surface area contributed by atoms with Crippen LogP contribution in [-0.4, -0.2) is 38.7 Å². The number of anilines is 2. The lowest BCUT2D eigenvalue weighted by Crippen LogP contribution is -2.02. The van der Waals surface area contributed by atoms with Crippen molar-refractivity contribution in [3.63, 3.8) is 0 Å². The number of hydrogen-bond acceptors (Lipinski definition) is 10. The van der Waals surface area contributed by atoms with E-state index in [1.807, 2.05) is 0 Å². The van der Waals surface area contributed by atoms with Crippen molar-refractivity contribution >= 4 is 29.1 Å². The molecule has 0 aliphatic heterocycles. The van der Waals surface area contributed by atoms with Crippen LogP contribution in [0.5, 0.6) is 11.5 Å². The molecule has 4 N–H and O–H groups in total. The van der Waals surface area contributed by atoms with Crippen LogP contribution in [0.3, 0.4) is 0 Å². The molecule has 112 valence electrons. The fourth-order valence-electron chi connectivity index (χ4n) is 1.66. The number of benzene rings is 1. The van der Waals surface area contributed by atoms with Gasteiger partial charge in [0.1, 0.15) is 11.5 Å². The number of aromatic hydroxyl groups is 1. The lowest BCUT2D eigenvalue weighted by atomic mass is 10.2. The SMILES string of the molecule is COc1ccc(O)c(C=NNc2nc3nonc3nc2N)c1. The normalized spacial score (nSPS) is 11.1. The molecule has 0 aliphatic carbocycles. The molecule has 1 aromatic carbocycles. The predicted octanol–water partition coefficient (Wildman–Crippen LogP) is 0.755. The molecule has 0 bridgehead atoms. The summed E-state index contributed by atoms with van der Waals surface area (Å²) in [6.45, 7) is 0. The number of aromatic nitrogens is 4. The summed E-state index contributed by atoms with van der Waals surface area (Å²) in [5, 5.41) is 20.8. The fraction of sp³-hybridized carbons (Fsp3) is 0.0833. The summed E-state index contributed by atoms with van der Waals surface area (Å²) in [6, 6.07) is 4.76. The number of hydrazone groups is 1. The van der Waals surface area contributed by atoms with Crippen LogP contribution in [-0.2, 0) is 0 Å². The smallest absolute Gasteiger partial charge is 0.245 e. The van der Waals surface area contributed by atoms with Gasteiger partial charge in [0, 0.05) is 5.56 Å². The van der Waals surface area contributed by atoms with E-state index in [2.05, 4.69) is 35.4 Å². The van der Waals surface area contributed by atoms with Gasteiger partial charge in [-0.15, -0.1) is 0 Å². The van der Waals surface area contributed by atoms with Crippen molar-refractivity contribution in [1.29, 1.82) is 0 Å². The quantitative estimate of drug-likeness (QED) is 0.469. The lowest BCUT2D eigenvalue weighted by Gasteiger charge is -2.04. The van der Waals surface area contributed by atoms with Crippen molar-refractivity contribution in [3.8, 4) is 11.5 Å². The van der Waals surface area contributed by atoms with Gasteiger partial charge in [-0.3, -0.25) is 5.43 Å². The van der Waals surface area contributed by atoms with E-state index in [-0.39, 0.29) is 28.7 Å². The van der Waals surface area contributed by atoms with Crippen LogP contribution in [0.25, 0.3) is 11.3 Å². The van der Waals surface area contributed by atoms with E-state index in [1.165, 1.54) is 19.4 Å². The number of ether oxygens (including phenoxy) is 1. The maximum Gasteiger partial charge on any atom is 0.245 e. The predicted molar refractivity (Wildman–Crippen MR) is 77.7 cm³/mol. The first-order chi connectivity index (χ1) is 10.7. The summed E-state index contributed by atoms with van der Waals surface area (Å²) in [5.41, 5.74) is 9.20. The number of nitrogen functional groups attached to an aromatic ring is 1. The van der Waals surface area contributed by atoms with E-state index in [9.17, 15) is 5.11 Å². The minimum Gasteiger partial charge on any atom is -0.507 e. The molecule has 0 unspecified atom stereocenters. The van der Waals surface area contributed by atoms with Gasteiger partial charge in [0.25, 0.3) is 0 Å². The highest BCUT2D eigenvalue weighted by Crippen LogP contribution is 2.21. The minimum atomic E-state index is 0.0570. The van der Waals surface area contributed by atoms with Crippen molar-refractivity contribution in [2.24, 2.45) is 5.10 Å². The standard InChI is InChI=1S/C12H11N7O3/c1-21-7-2-3-8(20)6(4-7)5-14-17-10-9(13)15-11-12(16-10)19-22-18-11/h2-5,20H,1H3,(H2,13,15,18)(H,16,17,19). The Bertz CT molecular complexity index is 846. The van der Waals surface area contributed by atoms with Crippen LogP contribution in [0.1, 0.15) is 5.56 Å². The molecule has 0 amide bonds. The molecular formula is C12H11N7O3. The third-order valence-electron chi connectivity index (χ3n) is 2.75. The average molecular weight is 301 g/mol. The van der Waals surface area contributed by atoms with E-state index in [4.69, 9.17) is 10.5 Å². The highest BCUT2D eigenvalue weighted by atomic mass is 16.6. The van der Waals surface area contributed by atoms with Gasteiger partial charge in [-0.25, -0.2) is 9.61 Å². The van der Waals surface area contributed by atoms with Gasteiger partial charge in [0.2, 0.25) is 11.3 Å². The molecule has 10 heteroatoms. The molecule has 3 rings (SSSR count). The van der Waals surface area contributed by atoms with Gasteiger partial charge in [0.05, 0.1) is 13.3 Å². The minimum absolute atomic E-state index is 0.0570. The Morgan fingerprint density at radius 2 is 2.09 bits per heavy atom. The molecule has 0 spiro atoms. The molecule has 0 saturated carbocycles. The number of fused-ring (bicyclic) bond motifs is 1. The summed E-state index contributed by atoms with van der Waals surface area (Å²) in [4.78, 5) is 8.00. The van der Waals surface area contributed by atoms with Gasteiger partial charge in [-0.05, 0) is 28.5 Å². The van der Waals surface area contributed by atoms with Crippen molar-refractivity contribution in [2.45, 2.75) is 0 Å². The van der Waals surface area contributed by atoms with E-state index < -0.39 is 0 Å². The van der Waals surface area contributed by atoms with Crippen LogP contribution in [0, 0.1) is 0 Å². The Balaban J connectivity index is 1.82. The van der Waals surface area contributed by atoms with E-state index in [0.717, 1.165) is 0 Å². The third kappa shape index (κ3) is 2.57. The molecular weight excluding hydrogens is 290 g/mol. The monoisotopic (exact) mass is 301 g/mol. The van der Waals surface area contributed by atoms with Gasteiger partial charge >= 0.3 is 0 Å². The lowest BCUT2D eigenvalue weighted by molar-refractivity contribution is 0.314.